The Kier molecular flexibility index (Phi) is 6.14. The Morgan fingerprint density at radius 3 is 2.70 bits per heavy atom. The standard InChI is InChI=1S/C17H21NO5/c1-2-3-11-18(14-9-10-15(19)23-16(14)20)17(21)22-12-13-7-5-4-6-8-13/h4-8,14H,2-3,9-12H2,1H3/t14-/m0/s1. The summed E-state index contributed by atoms with van der Waals surface area (Å²) in [4.78, 5) is 36.8. The zero-order chi connectivity index (χ0) is 16.7. The first kappa shape index (κ1) is 17.0. The summed E-state index contributed by atoms with van der Waals surface area (Å²) in [6.45, 7) is 2.54. The number of ether oxygens (including phenoxy) is 2. The second-order valence-corrected chi connectivity index (χ2v) is 5.43. The molecule has 0 aliphatic carbocycles. The molecule has 0 bridgehead atoms. The molecule has 1 heterocycles. The Balaban J connectivity index is 2.00. The minimum absolute atomic E-state index is 0.130. The van der Waals surface area contributed by atoms with E-state index in [0.717, 1.165) is 18.4 Å². The zero-order valence-electron chi connectivity index (χ0n) is 13.2. The van der Waals surface area contributed by atoms with E-state index in [1.165, 1.54) is 4.90 Å². The molecule has 1 saturated heterocycles. The Hall–Kier alpha value is -2.37. The molecule has 124 valence electrons. The highest BCUT2D eigenvalue weighted by atomic mass is 16.6. The van der Waals surface area contributed by atoms with Gasteiger partial charge < -0.3 is 9.47 Å². The molecule has 0 N–H and O–H groups in total. The first-order valence-electron chi connectivity index (χ1n) is 7.83. The average Bonchev–Trinajstić information content (AvgIpc) is 2.55. The van der Waals surface area contributed by atoms with Crippen molar-refractivity contribution < 1.29 is 23.9 Å². The fourth-order valence-corrected chi connectivity index (χ4v) is 2.39. The molecule has 6 heteroatoms. The molecule has 0 aromatic heterocycles. The number of carbonyl (C=O) groups excluding carboxylic acids is 3. The molecular formula is C17H21NO5. The third-order valence-electron chi connectivity index (χ3n) is 3.68. The van der Waals surface area contributed by atoms with Crippen molar-refractivity contribution in [1.82, 2.24) is 4.90 Å². The maximum absolute atomic E-state index is 12.4. The van der Waals surface area contributed by atoms with E-state index in [2.05, 4.69) is 4.74 Å². The number of esters is 2. The number of cyclic esters (lactones) is 2. The molecule has 0 saturated carbocycles. The molecule has 0 radical (unpaired) electrons. The van der Waals surface area contributed by atoms with Crippen LogP contribution in [-0.2, 0) is 25.7 Å². The number of hydrogen-bond acceptors (Lipinski definition) is 5. The second-order valence-electron chi connectivity index (χ2n) is 5.43. The third kappa shape index (κ3) is 4.81. The number of amides is 1. The van der Waals surface area contributed by atoms with E-state index < -0.39 is 24.1 Å². The van der Waals surface area contributed by atoms with Gasteiger partial charge >= 0.3 is 18.0 Å². The normalized spacial score (nSPS) is 17.5. The van der Waals surface area contributed by atoms with Crippen molar-refractivity contribution in [2.24, 2.45) is 0 Å². The summed E-state index contributed by atoms with van der Waals surface area (Å²) in [6.07, 6.45) is 1.48. The summed E-state index contributed by atoms with van der Waals surface area (Å²) in [5.74, 6) is -1.21. The third-order valence-corrected chi connectivity index (χ3v) is 3.68. The molecule has 1 aliphatic heterocycles. The fraction of sp³-hybridized carbons (Fsp3) is 0.471. The van der Waals surface area contributed by atoms with E-state index in [0.29, 0.717) is 6.54 Å². The van der Waals surface area contributed by atoms with Crippen LogP contribution in [-0.4, -0.2) is 35.5 Å². The number of carbonyl (C=O) groups is 3. The van der Waals surface area contributed by atoms with Gasteiger partial charge in [0, 0.05) is 13.0 Å². The van der Waals surface area contributed by atoms with Crippen LogP contribution in [0.5, 0.6) is 0 Å². The molecule has 1 atom stereocenters. The summed E-state index contributed by atoms with van der Waals surface area (Å²) in [6, 6.07) is 8.58. The number of hydrogen-bond donors (Lipinski definition) is 0. The van der Waals surface area contributed by atoms with E-state index in [-0.39, 0.29) is 19.4 Å². The minimum Gasteiger partial charge on any atom is -0.445 e. The SMILES string of the molecule is CCCCN(C(=O)OCc1ccccc1)[C@H]1CCC(=O)OC1=O. The Labute approximate surface area is 135 Å². The Bertz CT molecular complexity index is 557. The lowest BCUT2D eigenvalue weighted by atomic mass is 10.1. The monoisotopic (exact) mass is 319 g/mol. The van der Waals surface area contributed by atoms with Gasteiger partial charge in [0.15, 0.2) is 0 Å². The van der Waals surface area contributed by atoms with Crippen molar-refractivity contribution >= 4 is 18.0 Å². The highest BCUT2D eigenvalue weighted by Gasteiger charge is 2.36. The summed E-state index contributed by atoms with van der Waals surface area (Å²) in [5.41, 5.74) is 0.873. The smallest absolute Gasteiger partial charge is 0.410 e. The van der Waals surface area contributed by atoms with Gasteiger partial charge in [0.25, 0.3) is 0 Å². The van der Waals surface area contributed by atoms with Crippen molar-refractivity contribution in [1.29, 1.82) is 0 Å². The maximum Gasteiger partial charge on any atom is 0.410 e. The molecular weight excluding hydrogens is 298 g/mol. The minimum atomic E-state index is -0.748. The van der Waals surface area contributed by atoms with E-state index in [9.17, 15) is 14.4 Å². The number of unbranched alkanes of at least 4 members (excludes halogenated alkanes) is 1. The van der Waals surface area contributed by atoms with Crippen molar-refractivity contribution in [2.75, 3.05) is 6.54 Å². The first-order chi connectivity index (χ1) is 11.1. The van der Waals surface area contributed by atoms with Gasteiger partial charge in [-0.2, -0.15) is 0 Å². The maximum atomic E-state index is 12.4. The zero-order valence-corrected chi connectivity index (χ0v) is 13.2. The molecule has 6 nitrogen and oxygen atoms in total. The lowest BCUT2D eigenvalue weighted by Gasteiger charge is -2.31. The van der Waals surface area contributed by atoms with Gasteiger partial charge in [-0.1, -0.05) is 43.7 Å². The van der Waals surface area contributed by atoms with E-state index in [1.807, 2.05) is 37.3 Å². The fourth-order valence-electron chi connectivity index (χ4n) is 2.39. The van der Waals surface area contributed by atoms with Crippen LogP contribution in [0.25, 0.3) is 0 Å². The summed E-state index contributed by atoms with van der Waals surface area (Å²) < 4.78 is 9.96. The lowest BCUT2D eigenvalue weighted by Crippen LogP contribution is -2.49. The lowest BCUT2D eigenvalue weighted by molar-refractivity contribution is -0.168. The molecule has 1 aliphatic rings. The number of benzene rings is 1. The van der Waals surface area contributed by atoms with E-state index in [4.69, 9.17) is 4.74 Å². The average molecular weight is 319 g/mol. The number of rotatable bonds is 6. The van der Waals surface area contributed by atoms with E-state index >= 15 is 0 Å². The molecule has 23 heavy (non-hydrogen) atoms. The van der Waals surface area contributed by atoms with Gasteiger partial charge in [0.05, 0.1) is 0 Å². The van der Waals surface area contributed by atoms with Crippen LogP contribution >= 0.6 is 0 Å². The van der Waals surface area contributed by atoms with Gasteiger partial charge in [-0.05, 0) is 18.4 Å². The van der Waals surface area contributed by atoms with Gasteiger partial charge in [0.1, 0.15) is 12.6 Å². The topological polar surface area (TPSA) is 72.9 Å². The van der Waals surface area contributed by atoms with Crippen LogP contribution in [0.4, 0.5) is 4.79 Å². The van der Waals surface area contributed by atoms with Gasteiger partial charge in [-0.3, -0.25) is 9.69 Å². The predicted octanol–water partition coefficient (Wildman–Crippen LogP) is 2.66. The van der Waals surface area contributed by atoms with Gasteiger partial charge in [-0.25, -0.2) is 9.59 Å². The molecule has 0 unspecified atom stereocenters. The highest BCUT2D eigenvalue weighted by molar-refractivity contribution is 5.93. The van der Waals surface area contributed by atoms with Crippen molar-refractivity contribution in [3.63, 3.8) is 0 Å². The molecule has 2 rings (SSSR count). The quantitative estimate of drug-likeness (QED) is 0.595. The van der Waals surface area contributed by atoms with Crippen molar-refractivity contribution in [2.45, 2.75) is 45.3 Å². The molecule has 1 fully saturated rings. The molecule has 1 amide bonds. The summed E-state index contributed by atoms with van der Waals surface area (Å²) in [7, 11) is 0. The summed E-state index contributed by atoms with van der Waals surface area (Å²) >= 11 is 0. The van der Waals surface area contributed by atoms with Crippen LogP contribution < -0.4 is 0 Å². The van der Waals surface area contributed by atoms with Crippen LogP contribution in [0, 0.1) is 0 Å². The van der Waals surface area contributed by atoms with Crippen LogP contribution in [0.1, 0.15) is 38.2 Å². The highest BCUT2D eigenvalue weighted by Crippen LogP contribution is 2.18. The largest absolute Gasteiger partial charge is 0.445 e. The first-order valence-corrected chi connectivity index (χ1v) is 7.83. The van der Waals surface area contributed by atoms with Crippen LogP contribution in [0.3, 0.4) is 0 Å². The van der Waals surface area contributed by atoms with Crippen LogP contribution in [0.2, 0.25) is 0 Å². The van der Waals surface area contributed by atoms with E-state index in [1.54, 1.807) is 0 Å². The predicted molar refractivity (Wildman–Crippen MR) is 82.4 cm³/mol. The van der Waals surface area contributed by atoms with Crippen molar-refractivity contribution in [3.8, 4) is 0 Å². The Morgan fingerprint density at radius 2 is 2.04 bits per heavy atom. The molecule has 0 spiro atoms. The van der Waals surface area contributed by atoms with Gasteiger partial charge in [-0.15, -0.1) is 0 Å². The van der Waals surface area contributed by atoms with Crippen molar-refractivity contribution in [3.05, 3.63) is 35.9 Å². The van der Waals surface area contributed by atoms with Gasteiger partial charge in [0.2, 0.25) is 0 Å². The second kappa shape index (κ2) is 8.31. The Morgan fingerprint density at radius 1 is 1.30 bits per heavy atom. The molecule has 1 aromatic carbocycles. The molecule has 1 aromatic rings. The van der Waals surface area contributed by atoms with Crippen LogP contribution in [0.15, 0.2) is 30.3 Å². The summed E-state index contributed by atoms with van der Waals surface area (Å²) in [5, 5.41) is 0. The number of nitrogens with zero attached hydrogens (tertiary/aromatic N) is 1.